The summed E-state index contributed by atoms with van der Waals surface area (Å²) in [5, 5.41) is 9.01. The third-order valence-corrected chi connectivity index (χ3v) is 5.18. The SMILES string of the molecule is NC(N)CCCCCCCCCCCCCCCc1cccc(C(=O)O)c1. The number of hydrogen-bond donors (Lipinski definition) is 3. The minimum Gasteiger partial charge on any atom is -0.478 e. The molecule has 27 heavy (non-hydrogen) atoms. The van der Waals surface area contributed by atoms with Crippen LogP contribution in [0, 0.1) is 0 Å². The molecule has 0 atom stereocenters. The van der Waals surface area contributed by atoms with Crippen molar-refractivity contribution in [3.05, 3.63) is 35.4 Å². The standard InChI is InChI=1S/C23H40N2O2/c24-22(25)18-13-11-9-7-5-3-1-2-4-6-8-10-12-15-20-16-14-17-21(19-20)23(26)27/h14,16-17,19,22H,1-13,15,18,24-25H2,(H,26,27). The zero-order valence-electron chi connectivity index (χ0n) is 17.0. The maximum absolute atomic E-state index is 11.0. The van der Waals surface area contributed by atoms with Crippen LogP contribution in [0.1, 0.15) is 106 Å². The lowest BCUT2D eigenvalue weighted by Gasteiger charge is -2.05. The summed E-state index contributed by atoms with van der Waals surface area (Å²) in [6.45, 7) is 0. The fourth-order valence-corrected chi connectivity index (χ4v) is 3.51. The van der Waals surface area contributed by atoms with Crippen LogP contribution >= 0.6 is 0 Å². The second-order valence-electron chi connectivity index (χ2n) is 7.80. The van der Waals surface area contributed by atoms with Gasteiger partial charge < -0.3 is 16.6 Å². The Bertz CT molecular complexity index is 503. The molecule has 0 aromatic heterocycles. The maximum atomic E-state index is 11.0. The average molecular weight is 377 g/mol. The highest BCUT2D eigenvalue weighted by atomic mass is 16.4. The molecule has 1 rings (SSSR count). The van der Waals surface area contributed by atoms with Crippen molar-refractivity contribution in [2.75, 3.05) is 0 Å². The van der Waals surface area contributed by atoms with E-state index < -0.39 is 5.97 Å². The molecule has 0 heterocycles. The molecular formula is C23H40N2O2. The molecule has 0 amide bonds. The van der Waals surface area contributed by atoms with Crippen LogP contribution in [0.2, 0.25) is 0 Å². The number of rotatable bonds is 17. The highest BCUT2D eigenvalue weighted by molar-refractivity contribution is 5.87. The van der Waals surface area contributed by atoms with Gasteiger partial charge in [-0.15, -0.1) is 0 Å². The zero-order valence-corrected chi connectivity index (χ0v) is 17.0. The molecule has 0 aliphatic rings. The van der Waals surface area contributed by atoms with Crippen molar-refractivity contribution in [1.29, 1.82) is 0 Å². The van der Waals surface area contributed by atoms with Gasteiger partial charge in [-0.05, 0) is 37.0 Å². The summed E-state index contributed by atoms with van der Waals surface area (Å²) < 4.78 is 0. The maximum Gasteiger partial charge on any atom is 0.335 e. The van der Waals surface area contributed by atoms with Crippen LogP contribution in [0.4, 0.5) is 0 Å². The van der Waals surface area contributed by atoms with Gasteiger partial charge in [-0.2, -0.15) is 0 Å². The monoisotopic (exact) mass is 376 g/mol. The van der Waals surface area contributed by atoms with Gasteiger partial charge in [0.05, 0.1) is 11.7 Å². The lowest BCUT2D eigenvalue weighted by molar-refractivity contribution is 0.0696. The molecule has 0 spiro atoms. The quantitative estimate of drug-likeness (QED) is 0.243. The molecule has 1 aromatic rings. The van der Waals surface area contributed by atoms with Crippen LogP contribution in [-0.2, 0) is 6.42 Å². The summed E-state index contributed by atoms with van der Waals surface area (Å²) in [5.41, 5.74) is 12.6. The number of carboxylic acid groups (broad SMARTS) is 1. The Morgan fingerprint density at radius 1 is 0.778 bits per heavy atom. The van der Waals surface area contributed by atoms with Crippen molar-refractivity contribution in [2.45, 2.75) is 102 Å². The van der Waals surface area contributed by atoms with Crippen molar-refractivity contribution in [1.82, 2.24) is 0 Å². The van der Waals surface area contributed by atoms with Gasteiger partial charge >= 0.3 is 5.97 Å². The van der Waals surface area contributed by atoms with Crippen LogP contribution in [-0.4, -0.2) is 17.2 Å². The van der Waals surface area contributed by atoms with E-state index in [0.29, 0.717) is 5.56 Å². The zero-order chi connectivity index (χ0) is 19.7. The summed E-state index contributed by atoms with van der Waals surface area (Å²) >= 11 is 0. The number of benzene rings is 1. The van der Waals surface area contributed by atoms with Crippen LogP contribution < -0.4 is 11.5 Å². The predicted molar refractivity (Wildman–Crippen MR) is 114 cm³/mol. The molecule has 5 N–H and O–H groups in total. The Balaban J connectivity index is 1.84. The first-order valence-corrected chi connectivity index (χ1v) is 10.9. The Hall–Kier alpha value is -1.39. The number of unbranched alkanes of at least 4 members (excludes halogenated alkanes) is 12. The lowest BCUT2D eigenvalue weighted by atomic mass is 10.0. The van der Waals surface area contributed by atoms with Gasteiger partial charge in [0, 0.05) is 0 Å². The van der Waals surface area contributed by atoms with Crippen LogP contribution in [0.3, 0.4) is 0 Å². The topological polar surface area (TPSA) is 89.3 Å². The minimum absolute atomic E-state index is 0.131. The van der Waals surface area contributed by atoms with Crippen LogP contribution in [0.25, 0.3) is 0 Å². The van der Waals surface area contributed by atoms with Crippen molar-refractivity contribution < 1.29 is 9.90 Å². The van der Waals surface area contributed by atoms with E-state index >= 15 is 0 Å². The summed E-state index contributed by atoms with van der Waals surface area (Å²) in [5.74, 6) is -0.840. The molecular weight excluding hydrogens is 336 g/mol. The number of aromatic carboxylic acids is 1. The first-order valence-electron chi connectivity index (χ1n) is 10.9. The molecule has 0 bridgehead atoms. The van der Waals surface area contributed by atoms with E-state index in [0.717, 1.165) is 24.8 Å². The first kappa shape index (κ1) is 23.6. The Kier molecular flexibility index (Phi) is 13.7. The number of carbonyl (C=O) groups is 1. The predicted octanol–water partition coefficient (Wildman–Crippen LogP) is 5.63. The van der Waals surface area contributed by atoms with E-state index in [9.17, 15) is 4.79 Å². The number of nitrogens with two attached hydrogens (primary N) is 2. The van der Waals surface area contributed by atoms with E-state index in [1.165, 1.54) is 77.0 Å². The normalized spacial score (nSPS) is 11.2. The van der Waals surface area contributed by atoms with Gasteiger partial charge in [0.1, 0.15) is 0 Å². The Labute approximate surface area is 165 Å². The van der Waals surface area contributed by atoms with Crippen LogP contribution in [0.5, 0.6) is 0 Å². The first-order chi connectivity index (χ1) is 13.1. The molecule has 154 valence electrons. The van der Waals surface area contributed by atoms with Gasteiger partial charge in [-0.3, -0.25) is 0 Å². The van der Waals surface area contributed by atoms with Crippen molar-refractivity contribution in [3.63, 3.8) is 0 Å². The summed E-state index contributed by atoms with van der Waals surface area (Å²) in [4.78, 5) is 11.0. The summed E-state index contributed by atoms with van der Waals surface area (Å²) in [7, 11) is 0. The molecule has 0 fully saturated rings. The van der Waals surface area contributed by atoms with Gasteiger partial charge in [0.25, 0.3) is 0 Å². The average Bonchev–Trinajstić information content (AvgIpc) is 2.64. The second kappa shape index (κ2) is 15.6. The number of aryl methyl sites for hydroxylation is 1. The number of carboxylic acids is 1. The van der Waals surface area contributed by atoms with Gasteiger partial charge in [-0.1, -0.05) is 89.2 Å². The van der Waals surface area contributed by atoms with Gasteiger partial charge in [0.15, 0.2) is 0 Å². The third-order valence-electron chi connectivity index (χ3n) is 5.18. The summed E-state index contributed by atoms with van der Waals surface area (Å²) in [6.07, 6.45) is 18.7. The molecule has 4 nitrogen and oxygen atoms in total. The van der Waals surface area contributed by atoms with Gasteiger partial charge in [-0.25, -0.2) is 4.79 Å². The van der Waals surface area contributed by atoms with Crippen LogP contribution in [0.15, 0.2) is 24.3 Å². The molecule has 0 unspecified atom stereocenters. The fraction of sp³-hybridized carbons (Fsp3) is 0.696. The largest absolute Gasteiger partial charge is 0.478 e. The molecule has 0 aliphatic heterocycles. The smallest absolute Gasteiger partial charge is 0.335 e. The van der Waals surface area contributed by atoms with Gasteiger partial charge in [0.2, 0.25) is 0 Å². The van der Waals surface area contributed by atoms with Crippen molar-refractivity contribution in [3.8, 4) is 0 Å². The lowest BCUT2D eigenvalue weighted by Crippen LogP contribution is -2.29. The van der Waals surface area contributed by atoms with Crippen molar-refractivity contribution in [2.24, 2.45) is 11.5 Å². The number of hydrogen-bond acceptors (Lipinski definition) is 3. The van der Waals surface area contributed by atoms with Crippen molar-refractivity contribution >= 4 is 5.97 Å². The molecule has 0 aliphatic carbocycles. The van der Waals surface area contributed by atoms with E-state index in [1.807, 2.05) is 12.1 Å². The molecule has 0 saturated heterocycles. The minimum atomic E-state index is -0.840. The molecule has 0 radical (unpaired) electrons. The Morgan fingerprint density at radius 3 is 1.74 bits per heavy atom. The molecule has 1 aromatic carbocycles. The molecule has 4 heteroatoms. The third kappa shape index (κ3) is 13.4. The van der Waals surface area contributed by atoms with E-state index in [4.69, 9.17) is 16.6 Å². The second-order valence-corrected chi connectivity index (χ2v) is 7.80. The molecule has 0 saturated carbocycles. The highest BCUT2D eigenvalue weighted by Gasteiger charge is 2.03. The van der Waals surface area contributed by atoms with E-state index in [1.54, 1.807) is 12.1 Å². The Morgan fingerprint density at radius 2 is 1.26 bits per heavy atom. The van der Waals surface area contributed by atoms with E-state index in [-0.39, 0.29) is 6.17 Å². The highest BCUT2D eigenvalue weighted by Crippen LogP contribution is 2.14. The van der Waals surface area contributed by atoms with E-state index in [2.05, 4.69) is 0 Å². The fourth-order valence-electron chi connectivity index (χ4n) is 3.51. The summed E-state index contributed by atoms with van der Waals surface area (Å²) in [6, 6.07) is 7.33.